The minimum atomic E-state index is -0.200. The quantitative estimate of drug-likeness (QED) is 0.748. The second-order valence-corrected chi connectivity index (χ2v) is 7.54. The van der Waals surface area contributed by atoms with Crippen molar-refractivity contribution in [3.63, 3.8) is 0 Å². The highest BCUT2D eigenvalue weighted by Gasteiger charge is 2.28. The minimum Gasteiger partial charge on any atom is -0.497 e. The Morgan fingerprint density at radius 3 is 2.24 bits per heavy atom. The fourth-order valence-electron chi connectivity index (χ4n) is 3.29. The molecule has 154 valence electrons. The highest BCUT2D eigenvalue weighted by Crippen LogP contribution is 2.31. The number of benzene rings is 2. The van der Waals surface area contributed by atoms with Crippen LogP contribution in [0.15, 0.2) is 36.4 Å². The van der Waals surface area contributed by atoms with E-state index in [1.807, 2.05) is 0 Å². The zero-order valence-corrected chi connectivity index (χ0v) is 17.7. The maximum absolute atomic E-state index is 12.9. The van der Waals surface area contributed by atoms with Crippen molar-refractivity contribution in [2.45, 2.75) is 12.8 Å². The molecule has 0 aliphatic carbocycles. The van der Waals surface area contributed by atoms with E-state index < -0.39 is 0 Å². The highest BCUT2D eigenvalue weighted by molar-refractivity contribution is 6.44. The number of nitrogens with one attached hydrogen (secondary N) is 1. The Hall–Kier alpha value is -2.44. The molecule has 8 heteroatoms. The van der Waals surface area contributed by atoms with Gasteiger partial charge in [0.05, 0.1) is 30.0 Å². The monoisotopic (exact) mass is 436 g/mol. The number of nitrogens with zero attached hydrogens (tertiary/aromatic N) is 1. The lowest BCUT2D eigenvalue weighted by Crippen LogP contribution is -2.41. The third kappa shape index (κ3) is 4.95. The molecule has 1 saturated heterocycles. The number of anilines is 1. The fraction of sp³-hybridized carbons (Fsp3) is 0.333. The van der Waals surface area contributed by atoms with Crippen LogP contribution in [0.3, 0.4) is 0 Å². The molecular formula is C21H22Cl2N2O4. The first-order valence-electron chi connectivity index (χ1n) is 9.20. The van der Waals surface area contributed by atoms with Crippen LogP contribution in [0.5, 0.6) is 11.5 Å². The van der Waals surface area contributed by atoms with Crippen LogP contribution in [0, 0.1) is 5.92 Å². The molecule has 29 heavy (non-hydrogen) atoms. The summed E-state index contributed by atoms with van der Waals surface area (Å²) in [5, 5.41) is 3.54. The Balaban J connectivity index is 1.62. The Morgan fingerprint density at radius 1 is 1.03 bits per heavy atom. The SMILES string of the molecule is COc1cc(OC)cc(C(=O)N2CCC(C(=O)Nc3cccc(Cl)c3Cl)CC2)c1. The van der Waals surface area contributed by atoms with Gasteiger partial charge in [0.2, 0.25) is 5.91 Å². The summed E-state index contributed by atoms with van der Waals surface area (Å²) in [6, 6.07) is 10.2. The number of methoxy groups -OCH3 is 2. The smallest absolute Gasteiger partial charge is 0.254 e. The standard InChI is InChI=1S/C21H22Cl2N2O4/c1-28-15-10-14(11-16(12-15)29-2)21(27)25-8-6-13(7-9-25)20(26)24-18-5-3-4-17(22)19(18)23/h3-5,10-13H,6-9H2,1-2H3,(H,24,26). The van der Waals surface area contributed by atoms with Crippen LogP contribution in [-0.4, -0.2) is 44.0 Å². The number of amides is 2. The van der Waals surface area contributed by atoms with Crippen LogP contribution in [0.2, 0.25) is 10.0 Å². The summed E-state index contributed by atoms with van der Waals surface area (Å²) in [4.78, 5) is 27.2. The van der Waals surface area contributed by atoms with Crippen LogP contribution in [0.1, 0.15) is 23.2 Å². The number of likely N-dealkylation sites (tertiary alicyclic amines) is 1. The normalized spacial score (nSPS) is 14.4. The first kappa shape index (κ1) is 21.3. The molecule has 2 aromatic carbocycles. The summed E-state index contributed by atoms with van der Waals surface area (Å²) in [5.41, 5.74) is 0.987. The second-order valence-electron chi connectivity index (χ2n) is 6.76. The fourth-order valence-corrected chi connectivity index (χ4v) is 3.64. The average molecular weight is 437 g/mol. The maximum atomic E-state index is 12.9. The number of hydrogen-bond acceptors (Lipinski definition) is 4. The van der Waals surface area contributed by atoms with Crippen molar-refractivity contribution >= 4 is 40.7 Å². The van der Waals surface area contributed by atoms with Gasteiger partial charge >= 0.3 is 0 Å². The lowest BCUT2D eigenvalue weighted by molar-refractivity contribution is -0.121. The third-order valence-corrected chi connectivity index (χ3v) is 5.78. The molecule has 1 aliphatic heterocycles. The first-order valence-corrected chi connectivity index (χ1v) is 9.95. The molecule has 0 unspecified atom stereocenters. The second kappa shape index (κ2) is 9.37. The van der Waals surface area contributed by atoms with Crippen LogP contribution in [0.4, 0.5) is 5.69 Å². The van der Waals surface area contributed by atoms with Gasteiger partial charge in [-0.3, -0.25) is 9.59 Å². The van der Waals surface area contributed by atoms with E-state index in [4.69, 9.17) is 32.7 Å². The van der Waals surface area contributed by atoms with Gasteiger partial charge in [-0.1, -0.05) is 29.3 Å². The summed E-state index contributed by atoms with van der Waals surface area (Å²) >= 11 is 12.1. The Kier molecular flexibility index (Phi) is 6.87. The molecule has 2 aromatic rings. The van der Waals surface area contributed by atoms with Gasteiger partial charge in [0.25, 0.3) is 5.91 Å². The lowest BCUT2D eigenvalue weighted by Gasteiger charge is -2.31. The molecule has 1 fully saturated rings. The molecule has 0 bridgehead atoms. The van der Waals surface area contributed by atoms with Crippen molar-refractivity contribution in [3.05, 3.63) is 52.0 Å². The van der Waals surface area contributed by atoms with Crippen molar-refractivity contribution in [2.24, 2.45) is 5.92 Å². The van der Waals surface area contributed by atoms with Crippen molar-refractivity contribution in [1.29, 1.82) is 0 Å². The minimum absolute atomic E-state index is 0.112. The van der Waals surface area contributed by atoms with E-state index in [1.165, 1.54) is 0 Å². The number of halogens is 2. The van der Waals surface area contributed by atoms with E-state index in [1.54, 1.807) is 55.5 Å². The molecular weight excluding hydrogens is 415 g/mol. The van der Waals surface area contributed by atoms with Gasteiger partial charge < -0.3 is 19.7 Å². The van der Waals surface area contributed by atoms with Gasteiger partial charge in [0, 0.05) is 30.6 Å². The maximum Gasteiger partial charge on any atom is 0.254 e. The van der Waals surface area contributed by atoms with Crippen LogP contribution in [-0.2, 0) is 4.79 Å². The summed E-state index contributed by atoms with van der Waals surface area (Å²) in [7, 11) is 3.08. The van der Waals surface area contributed by atoms with E-state index in [-0.39, 0.29) is 17.7 Å². The number of hydrogen-bond donors (Lipinski definition) is 1. The number of piperidine rings is 1. The van der Waals surface area contributed by atoms with Crippen molar-refractivity contribution in [1.82, 2.24) is 4.90 Å². The van der Waals surface area contributed by atoms with Crippen LogP contribution >= 0.6 is 23.2 Å². The van der Waals surface area contributed by atoms with Gasteiger partial charge in [0.1, 0.15) is 11.5 Å². The van der Waals surface area contributed by atoms with Crippen molar-refractivity contribution in [2.75, 3.05) is 32.6 Å². The van der Waals surface area contributed by atoms with Crippen LogP contribution < -0.4 is 14.8 Å². The van der Waals surface area contributed by atoms with Gasteiger partial charge in [0.15, 0.2) is 0 Å². The third-order valence-electron chi connectivity index (χ3n) is 4.96. The molecule has 0 aromatic heterocycles. The molecule has 0 radical (unpaired) electrons. The van der Waals surface area contributed by atoms with E-state index in [0.717, 1.165) is 0 Å². The lowest BCUT2D eigenvalue weighted by atomic mass is 9.95. The summed E-state index contributed by atoms with van der Waals surface area (Å²) in [6.07, 6.45) is 1.13. The topological polar surface area (TPSA) is 67.9 Å². The highest BCUT2D eigenvalue weighted by atomic mass is 35.5. The first-order chi connectivity index (χ1) is 13.9. The Bertz CT molecular complexity index is 889. The largest absolute Gasteiger partial charge is 0.497 e. The van der Waals surface area contributed by atoms with E-state index >= 15 is 0 Å². The summed E-state index contributed by atoms with van der Waals surface area (Å²) in [5.74, 6) is 0.679. The predicted octanol–water partition coefficient (Wildman–Crippen LogP) is 4.50. The zero-order valence-electron chi connectivity index (χ0n) is 16.2. The molecule has 6 nitrogen and oxygen atoms in total. The molecule has 1 aliphatic rings. The number of carbonyl (C=O) groups is 2. The zero-order chi connectivity index (χ0) is 21.0. The van der Waals surface area contributed by atoms with E-state index in [9.17, 15) is 9.59 Å². The van der Waals surface area contributed by atoms with Gasteiger partial charge in [-0.2, -0.15) is 0 Å². The molecule has 0 atom stereocenters. The summed E-state index contributed by atoms with van der Waals surface area (Å²) in [6.45, 7) is 0.972. The van der Waals surface area contributed by atoms with E-state index in [0.29, 0.717) is 58.7 Å². The molecule has 3 rings (SSSR count). The van der Waals surface area contributed by atoms with Crippen molar-refractivity contribution in [3.8, 4) is 11.5 Å². The Morgan fingerprint density at radius 2 is 1.66 bits per heavy atom. The molecule has 0 saturated carbocycles. The van der Waals surface area contributed by atoms with Crippen molar-refractivity contribution < 1.29 is 19.1 Å². The van der Waals surface area contributed by atoms with Gasteiger partial charge in [-0.15, -0.1) is 0 Å². The molecule has 0 spiro atoms. The Labute approximate surface area is 179 Å². The van der Waals surface area contributed by atoms with E-state index in [2.05, 4.69) is 5.32 Å². The summed E-state index contributed by atoms with van der Waals surface area (Å²) < 4.78 is 10.5. The van der Waals surface area contributed by atoms with Gasteiger partial charge in [-0.05, 0) is 37.1 Å². The molecule has 1 heterocycles. The number of carbonyl (C=O) groups excluding carboxylic acids is 2. The van der Waals surface area contributed by atoms with Gasteiger partial charge in [-0.25, -0.2) is 0 Å². The number of ether oxygens (including phenoxy) is 2. The molecule has 1 N–H and O–H groups in total. The number of rotatable bonds is 5. The molecule has 2 amide bonds. The van der Waals surface area contributed by atoms with Crippen LogP contribution in [0.25, 0.3) is 0 Å². The predicted molar refractivity (Wildman–Crippen MR) is 113 cm³/mol. The average Bonchev–Trinajstić information content (AvgIpc) is 2.76.